The summed E-state index contributed by atoms with van der Waals surface area (Å²) in [5.41, 5.74) is 0. The maximum Gasteiger partial charge on any atom is 0.161 e. The Labute approximate surface area is 41.8 Å². The first kappa shape index (κ1) is 4.61. The molecule has 0 aliphatic carbocycles. The van der Waals surface area contributed by atoms with Gasteiger partial charge in [-0.2, -0.15) is 0 Å². The second-order valence-electron chi connectivity index (χ2n) is 1.39. The molecule has 3 heteroatoms. The molecule has 3 nitrogen and oxygen atoms in total. The van der Waals surface area contributed by atoms with Gasteiger partial charge in [-0.3, -0.25) is 0 Å². The van der Waals surface area contributed by atoms with Crippen molar-refractivity contribution in [3.05, 3.63) is 12.3 Å². The predicted octanol–water partition coefficient (Wildman–Crippen LogP) is -0.304. The molecule has 0 aromatic rings. The molecule has 0 saturated heterocycles. The first-order valence-corrected chi connectivity index (χ1v) is 2.05. The average molecular weight is 101 g/mol. The van der Waals surface area contributed by atoms with Gasteiger partial charge in [0.1, 0.15) is 6.26 Å². The minimum Gasteiger partial charge on any atom is -0.411 e. The normalized spacial score (nSPS) is 30.9. The van der Waals surface area contributed by atoms with Crippen molar-refractivity contribution in [3.8, 4) is 0 Å². The van der Waals surface area contributed by atoms with Gasteiger partial charge in [-0.05, 0) is 6.08 Å². The lowest BCUT2D eigenvalue weighted by atomic mass is 10.6. The van der Waals surface area contributed by atoms with Gasteiger partial charge in [0.05, 0.1) is 0 Å². The smallest absolute Gasteiger partial charge is 0.161 e. The molecule has 0 fully saturated rings. The van der Waals surface area contributed by atoms with Gasteiger partial charge in [-0.1, -0.05) is 0 Å². The van der Waals surface area contributed by atoms with Crippen LogP contribution in [-0.2, 0) is 4.84 Å². The fraction of sp³-hybridized carbons (Fsp3) is 0.500. The number of aliphatic hydroxyl groups is 1. The summed E-state index contributed by atoms with van der Waals surface area (Å²) < 4.78 is 0. The zero-order valence-electron chi connectivity index (χ0n) is 4.03. The van der Waals surface area contributed by atoms with Gasteiger partial charge in [-0.25, -0.2) is 0 Å². The maximum absolute atomic E-state index is 8.71. The molecule has 1 unspecified atom stereocenters. The zero-order valence-corrected chi connectivity index (χ0v) is 4.03. The summed E-state index contributed by atoms with van der Waals surface area (Å²) in [6, 6.07) is 0. The van der Waals surface area contributed by atoms with Crippen molar-refractivity contribution in [3.63, 3.8) is 0 Å². The van der Waals surface area contributed by atoms with E-state index in [-0.39, 0.29) is 0 Å². The molecule has 0 aromatic heterocycles. The summed E-state index contributed by atoms with van der Waals surface area (Å²) in [7, 11) is 1.66. The number of hydrogen-bond acceptors (Lipinski definition) is 3. The first-order valence-electron chi connectivity index (χ1n) is 2.05. The molecule has 0 radical (unpaired) electrons. The standard InChI is InChI=1S/C4H7NO2/c1-5-4(6)2-3-7-5/h2-4,6H,1H3. The number of nitrogens with zero attached hydrogens (tertiary/aromatic N) is 1. The quantitative estimate of drug-likeness (QED) is 0.454. The third kappa shape index (κ3) is 0.730. The Morgan fingerprint density at radius 1 is 1.86 bits per heavy atom. The third-order valence-corrected chi connectivity index (χ3v) is 0.850. The van der Waals surface area contributed by atoms with E-state index in [1.807, 2.05) is 0 Å². The van der Waals surface area contributed by atoms with Gasteiger partial charge in [0.25, 0.3) is 0 Å². The van der Waals surface area contributed by atoms with Crippen LogP contribution in [0.15, 0.2) is 12.3 Å². The van der Waals surface area contributed by atoms with Crippen molar-refractivity contribution in [1.29, 1.82) is 0 Å². The Morgan fingerprint density at radius 2 is 2.57 bits per heavy atom. The minimum atomic E-state index is -0.556. The van der Waals surface area contributed by atoms with E-state index in [1.54, 1.807) is 13.1 Å². The molecule has 0 spiro atoms. The third-order valence-electron chi connectivity index (χ3n) is 0.850. The molecular weight excluding hydrogens is 94.0 g/mol. The summed E-state index contributed by atoms with van der Waals surface area (Å²) in [4.78, 5) is 4.67. The highest BCUT2D eigenvalue weighted by atomic mass is 16.7. The van der Waals surface area contributed by atoms with Crippen molar-refractivity contribution in [2.75, 3.05) is 7.05 Å². The molecule has 7 heavy (non-hydrogen) atoms. The molecule has 1 aliphatic heterocycles. The number of likely N-dealkylation sites (N-methyl/N-ethyl adjacent to an activating group) is 1. The fourth-order valence-corrected chi connectivity index (χ4v) is 0.385. The van der Waals surface area contributed by atoms with Gasteiger partial charge >= 0.3 is 0 Å². The van der Waals surface area contributed by atoms with Crippen LogP contribution in [0.5, 0.6) is 0 Å². The summed E-state index contributed by atoms with van der Waals surface area (Å²) in [6.07, 6.45) is 2.45. The van der Waals surface area contributed by atoms with E-state index in [0.29, 0.717) is 0 Å². The van der Waals surface area contributed by atoms with Crippen LogP contribution in [0.3, 0.4) is 0 Å². The number of rotatable bonds is 0. The van der Waals surface area contributed by atoms with E-state index in [2.05, 4.69) is 4.84 Å². The van der Waals surface area contributed by atoms with E-state index < -0.39 is 6.23 Å². The molecule has 0 bridgehead atoms. The van der Waals surface area contributed by atoms with E-state index in [1.165, 1.54) is 11.3 Å². The lowest BCUT2D eigenvalue weighted by Crippen LogP contribution is -2.22. The van der Waals surface area contributed by atoms with Crippen LogP contribution in [0.25, 0.3) is 0 Å². The van der Waals surface area contributed by atoms with Crippen LogP contribution >= 0.6 is 0 Å². The highest BCUT2D eigenvalue weighted by Crippen LogP contribution is 2.02. The molecule has 0 aromatic carbocycles. The molecular formula is C4H7NO2. The van der Waals surface area contributed by atoms with Crippen LogP contribution in [0, 0.1) is 0 Å². The average Bonchev–Trinajstić information content (AvgIpc) is 1.91. The highest BCUT2D eigenvalue weighted by molar-refractivity contribution is 4.84. The molecule has 0 amide bonds. The molecule has 1 N–H and O–H groups in total. The van der Waals surface area contributed by atoms with Crippen molar-refractivity contribution in [2.45, 2.75) is 6.23 Å². The Morgan fingerprint density at radius 3 is 2.71 bits per heavy atom. The lowest BCUT2D eigenvalue weighted by Gasteiger charge is -2.09. The molecule has 1 heterocycles. The molecule has 1 rings (SSSR count). The summed E-state index contributed by atoms with van der Waals surface area (Å²) in [5.74, 6) is 0. The van der Waals surface area contributed by atoms with Gasteiger partial charge < -0.3 is 9.94 Å². The van der Waals surface area contributed by atoms with E-state index in [0.717, 1.165) is 0 Å². The van der Waals surface area contributed by atoms with Crippen LogP contribution in [0.1, 0.15) is 0 Å². The number of aliphatic hydroxyl groups excluding tert-OH is 1. The van der Waals surface area contributed by atoms with E-state index in [4.69, 9.17) is 5.11 Å². The maximum atomic E-state index is 8.71. The van der Waals surface area contributed by atoms with Crippen LogP contribution in [0.4, 0.5) is 0 Å². The molecule has 0 saturated carbocycles. The first-order chi connectivity index (χ1) is 3.30. The monoisotopic (exact) mass is 101 g/mol. The van der Waals surface area contributed by atoms with Crippen LogP contribution in [0.2, 0.25) is 0 Å². The van der Waals surface area contributed by atoms with E-state index in [9.17, 15) is 0 Å². The number of hydroxylamine groups is 2. The summed E-state index contributed by atoms with van der Waals surface area (Å²) in [6.45, 7) is 0. The fourth-order valence-electron chi connectivity index (χ4n) is 0.385. The van der Waals surface area contributed by atoms with Crippen LogP contribution < -0.4 is 0 Å². The topological polar surface area (TPSA) is 32.7 Å². The van der Waals surface area contributed by atoms with Gasteiger partial charge in [0.15, 0.2) is 6.23 Å². The Kier molecular flexibility index (Phi) is 1.00. The minimum absolute atomic E-state index is 0.556. The van der Waals surface area contributed by atoms with E-state index >= 15 is 0 Å². The van der Waals surface area contributed by atoms with Crippen molar-refractivity contribution in [1.82, 2.24) is 5.06 Å². The molecule has 40 valence electrons. The second-order valence-corrected chi connectivity index (χ2v) is 1.39. The van der Waals surface area contributed by atoms with Crippen molar-refractivity contribution < 1.29 is 9.94 Å². The van der Waals surface area contributed by atoms with Gasteiger partial charge in [0, 0.05) is 7.05 Å². The Bertz CT molecular complexity index is 91.7. The Hall–Kier alpha value is -0.540. The zero-order chi connectivity index (χ0) is 5.28. The lowest BCUT2D eigenvalue weighted by molar-refractivity contribution is -0.140. The number of hydrogen-bond donors (Lipinski definition) is 1. The van der Waals surface area contributed by atoms with Crippen LogP contribution in [-0.4, -0.2) is 23.4 Å². The summed E-state index contributed by atoms with van der Waals surface area (Å²) in [5, 5.41) is 10.1. The summed E-state index contributed by atoms with van der Waals surface area (Å²) >= 11 is 0. The highest BCUT2D eigenvalue weighted by Gasteiger charge is 2.11. The Balaban J connectivity index is 2.45. The molecule has 1 aliphatic rings. The predicted molar refractivity (Wildman–Crippen MR) is 24.0 cm³/mol. The van der Waals surface area contributed by atoms with Gasteiger partial charge in [0.2, 0.25) is 0 Å². The molecule has 1 atom stereocenters. The largest absolute Gasteiger partial charge is 0.411 e. The van der Waals surface area contributed by atoms with Crippen molar-refractivity contribution >= 4 is 0 Å². The van der Waals surface area contributed by atoms with Crippen molar-refractivity contribution in [2.24, 2.45) is 0 Å². The SMILES string of the molecule is CN1OC=CC1O. The van der Waals surface area contributed by atoms with Gasteiger partial charge in [-0.15, -0.1) is 5.06 Å². The second kappa shape index (κ2) is 1.52.